The maximum absolute atomic E-state index is 11.9. The molecule has 4 nitrogen and oxygen atoms in total. The first-order chi connectivity index (χ1) is 10.6. The molecule has 114 valence electrons. The smallest absolute Gasteiger partial charge is 0.248 e. The van der Waals surface area contributed by atoms with E-state index in [9.17, 15) is 9.59 Å². The molecular weight excluding hydrogens is 320 g/mol. The van der Waals surface area contributed by atoms with Crippen LogP contribution in [-0.4, -0.2) is 17.6 Å². The van der Waals surface area contributed by atoms with E-state index >= 15 is 0 Å². The molecular formula is C16H15ClN2O2S. The first-order valence-corrected chi connectivity index (χ1v) is 8.10. The molecule has 2 rings (SSSR count). The third-order valence-electron chi connectivity index (χ3n) is 2.88. The standard InChI is InChI=1S/C16H15ClN2O2S/c17-14-7-2-1-4-12(14)9-22-10-15(20)19-13-6-3-5-11(8-13)16(18)21/h1-8H,9-10H2,(H2,18,21)(H,19,20). The van der Waals surface area contributed by atoms with Crippen molar-refractivity contribution in [2.24, 2.45) is 5.73 Å². The monoisotopic (exact) mass is 334 g/mol. The Morgan fingerprint density at radius 2 is 1.91 bits per heavy atom. The van der Waals surface area contributed by atoms with Crippen LogP contribution in [0.2, 0.25) is 5.02 Å². The van der Waals surface area contributed by atoms with Crippen LogP contribution in [0.25, 0.3) is 0 Å². The Bertz CT molecular complexity index is 691. The number of amides is 2. The number of benzene rings is 2. The van der Waals surface area contributed by atoms with E-state index in [1.807, 2.05) is 24.3 Å². The molecule has 0 aliphatic heterocycles. The van der Waals surface area contributed by atoms with Crippen molar-refractivity contribution in [3.8, 4) is 0 Å². The Labute approximate surface area is 138 Å². The van der Waals surface area contributed by atoms with E-state index in [1.165, 1.54) is 11.8 Å². The number of anilines is 1. The summed E-state index contributed by atoms with van der Waals surface area (Å²) in [6.45, 7) is 0. The lowest BCUT2D eigenvalue weighted by Crippen LogP contribution is -2.16. The number of carbonyl (C=O) groups excluding carboxylic acids is 2. The highest BCUT2D eigenvalue weighted by Gasteiger charge is 2.06. The topological polar surface area (TPSA) is 72.2 Å². The molecule has 0 heterocycles. The number of primary amides is 1. The predicted octanol–water partition coefficient (Wildman–Crippen LogP) is 3.31. The number of thioether (sulfide) groups is 1. The number of hydrogen-bond donors (Lipinski definition) is 2. The van der Waals surface area contributed by atoms with Gasteiger partial charge in [0, 0.05) is 22.0 Å². The van der Waals surface area contributed by atoms with Gasteiger partial charge in [-0.1, -0.05) is 35.9 Å². The third kappa shape index (κ3) is 4.79. The van der Waals surface area contributed by atoms with Gasteiger partial charge in [-0.25, -0.2) is 0 Å². The predicted molar refractivity (Wildman–Crippen MR) is 91.2 cm³/mol. The average Bonchev–Trinajstić information content (AvgIpc) is 2.49. The van der Waals surface area contributed by atoms with Crippen LogP contribution in [0.15, 0.2) is 48.5 Å². The van der Waals surface area contributed by atoms with E-state index in [0.29, 0.717) is 27.8 Å². The minimum absolute atomic E-state index is 0.140. The second-order valence-corrected chi connectivity index (χ2v) is 5.97. The lowest BCUT2D eigenvalue weighted by Gasteiger charge is -2.07. The third-order valence-corrected chi connectivity index (χ3v) is 4.23. The Kier molecular flexibility index (Phi) is 5.86. The van der Waals surface area contributed by atoms with Crippen molar-refractivity contribution in [3.63, 3.8) is 0 Å². The lowest BCUT2D eigenvalue weighted by molar-refractivity contribution is -0.113. The van der Waals surface area contributed by atoms with Crippen molar-refractivity contribution in [3.05, 3.63) is 64.7 Å². The zero-order valence-electron chi connectivity index (χ0n) is 11.7. The second kappa shape index (κ2) is 7.87. The summed E-state index contributed by atoms with van der Waals surface area (Å²) in [5.41, 5.74) is 7.12. The molecule has 0 radical (unpaired) electrons. The highest BCUT2D eigenvalue weighted by Crippen LogP contribution is 2.21. The van der Waals surface area contributed by atoms with E-state index in [4.69, 9.17) is 17.3 Å². The van der Waals surface area contributed by atoms with Crippen molar-refractivity contribution in [2.45, 2.75) is 5.75 Å². The van der Waals surface area contributed by atoms with E-state index in [2.05, 4.69) is 5.32 Å². The summed E-state index contributed by atoms with van der Waals surface area (Å²) in [5.74, 6) is 0.295. The van der Waals surface area contributed by atoms with Crippen molar-refractivity contribution in [1.29, 1.82) is 0 Å². The van der Waals surface area contributed by atoms with Gasteiger partial charge in [-0.05, 0) is 29.8 Å². The van der Waals surface area contributed by atoms with Crippen LogP contribution in [0.5, 0.6) is 0 Å². The number of carbonyl (C=O) groups is 2. The van der Waals surface area contributed by atoms with Crippen LogP contribution in [0.4, 0.5) is 5.69 Å². The molecule has 0 atom stereocenters. The fourth-order valence-corrected chi connectivity index (χ4v) is 2.93. The number of hydrogen-bond acceptors (Lipinski definition) is 3. The van der Waals surface area contributed by atoms with E-state index in [-0.39, 0.29) is 5.91 Å². The van der Waals surface area contributed by atoms with Crippen molar-refractivity contribution < 1.29 is 9.59 Å². The SMILES string of the molecule is NC(=O)c1cccc(NC(=O)CSCc2ccccc2Cl)c1. The summed E-state index contributed by atoms with van der Waals surface area (Å²) >= 11 is 7.53. The first kappa shape index (κ1) is 16.4. The summed E-state index contributed by atoms with van der Waals surface area (Å²) in [6.07, 6.45) is 0. The molecule has 0 aliphatic carbocycles. The summed E-state index contributed by atoms with van der Waals surface area (Å²) in [4.78, 5) is 23.0. The van der Waals surface area contributed by atoms with Gasteiger partial charge in [-0.2, -0.15) is 0 Å². The van der Waals surface area contributed by atoms with Crippen molar-refractivity contribution >= 4 is 40.9 Å². The maximum Gasteiger partial charge on any atom is 0.248 e. The molecule has 0 saturated heterocycles. The second-order valence-electron chi connectivity index (χ2n) is 4.58. The van der Waals surface area contributed by atoms with Crippen LogP contribution < -0.4 is 11.1 Å². The minimum atomic E-state index is -0.524. The first-order valence-electron chi connectivity index (χ1n) is 6.57. The van der Waals surface area contributed by atoms with Gasteiger partial charge < -0.3 is 11.1 Å². The van der Waals surface area contributed by atoms with Gasteiger partial charge in [0.25, 0.3) is 0 Å². The number of halogens is 1. The Hall–Kier alpha value is -1.98. The molecule has 0 unspecified atom stereocenters. The zero-order valence-corrected chi connectivity index (χ0v) is 13.3. The number of nitrogens with two attached hydrogens (primary N) is 1. The molecule has 2 aromatic rings. The van der Waals surface area contributed by atoms with E-state index < -0.39 is 5.91 Å². The van der Waals surface area contributed by atoms with Crippen LogP contribution in [0.1, 0.15) is 15.9 Å². The summed E-state index contributed by atoms with van der Waals surface area (Å²) in [5, 5.41) is 3.44. The molecule has 0 aromatic heterocycles. The summed E-state index contributed by atoms with van der Waals surface area (Å²) < 4.78 is 0. The highest BCUT2D eigenvalue weighted by molar-refractivity contribution is 7.99. The minimum Gasteiger partial charge on any atom is -0.366 e. The van der Waals surface area contributed by atoms with Crippen molar-refractivity contribution in [1.82, 2.24) is 0 Å². The van der Waals surface area contributed by atoms with Gasteiger partial charge in [-0.3, -0.25) is 9.59 Å². The molecule has 0 spiro atoms. The molecule has 2 amide bonds. The quantitative estimate of drug-likeness (QED) is 0.851. The Morgan fingerprint density at radius 3 is 2.64 bits per heavy atom. The van der Waals surface area contributed by atoms with Crippen LogP contribution in [0.3, 0.4) is 0 Å². The Morgan fingerprint density at radius 1 is 1.14 bits per heavy atom. The molecule has 22 heavy (non-hydrogen) atoms. The average molecular weight is 335 g/mol. The van der Waals surface area contributed by atoms with E-state index in [0.717, 1.165) is 5.56 Å². The highest BCUT2D eigenvalue weighted by atomic mass is 35.5. The number of nitrogens with one attached hydrogen (secondary N) is 1. The molecule has 0 fully saturated rings. The molecule has 6 heteroatoms. The maximum atomic E-state index is 11.9. The van der Waals surface area contributed by atoms with Gasteiger partial charge in [0.1, 0.15) is 0 Å². The molecule has 0 bridgehead atoms. The van der Waals surface area contributed by atoms with Crippen LogP contribution in [0, 0.1) is 0 Å². The van der Waals surface area contributed by atoms with Crippen LogP contribution in [-0.2, 0) is 10.5 Å². The molecule has 3 N–H and O–H groups in total. The van der Waals surface area contributed by atoms with Gasteiger partial charge >= 0.3 is 0 Å². The lowest BCUT2D eigenvalue weighted by atomic mass is 10.2. The summed E-state index contributed by atoms with van der Waals surface area (Å²) in [6, 6.07) is 14.1. The van der Waals surface area contributed by atoms with Gasteiger partial charge in [0.15, 0.2) is 0 Å². The fourth-order valence-electron chi connectivity index (χ4n) is 1.82. The van der Waals surface area contributed by atoms with Crippen LogP contribution >= 0.6 is 23.4 Å². The molecule has 0 saturated carbocycles. The molecule has 0 aliphatic rings. The molecule has 2 aromatic carbocycles. The van der Waals surface area contributed by atoms with E-state index in [1.54, 1.807) is 24.3 Å². The normalized spacial score (nSPS) is 10.2. The largest absolute Gasteiger partial charge is 0.366 e. The fraction of sp³-hybridized carbons (Fsp3) is 0.125. The van der Waals surface area contributed by atoms with Gasteiger partial charge in [0.05, 0.1) is 5.75 Å². The van der Waals surface area contributed by atoms with Crippen molar-refractivity contribution in [2.75, 3.05) is 11.1 Å². The Balaban J connectivity index is 1.84. The zero-order chi connectivity index (χ0) is 15.9. The summed E-state index contributed by atoms with van der Waals surface area (Å²) in [7, 11) is 0. The number of rotatable bonds is 6. The van der Waals surface area contributed by atoms with Gasteiger partial charge in [0.2, 0.25) is 11.8 Å². The van der Waals surface area contributed by atoms with Gasteiger partial charge in [-0.15, -0.1) is 11.8 Å².